The zero-order valence-electron chi connectivity index (χ0n) is 14.5. The number of carbonyl (C=O) groups is 1. The molecule has 24 heavy (non-hydrogen) atoms. The Morgan fingerprint density at radius 2 is 1.79 bits per heavy atom. The zero-order chi connectivity index (χ0) is 18.2. The Labute approximate surface area is 143 Å². The predicted octanol–water partition coefficient (Wildman–Crippen LogP) is 1.05. The Balaban J connectivity index is 2.49. The third kappa shape index (κ3) is 8.37. The average molecular weight is 359 g/mol. The highest BCUT2D eigenvalue weighted by atomic mass is 32.2. The number of nitrogens with one attached hydrogen (secondary N) is 1. The summed E-state index contributed by atoms with van der Waals surface area (Å²) in [7, 11) is 0.467. The van der Waals surface area contributed by atoms with Crippen molar-refractivity contribution in [3.63, 3.8) is 0 Å². The minimum absolute atomic E-state index is 0.0930. The van der Waals surface area contributed by atoms with Gasteiger partial charge in [-0.25, -0.2) is 12.8 Å². The van der Waals surface area contributed by atoms with Crippen molar-refractivity contribution >= 4 is 15.9 Å². The Kier molecular flexibility index (Phi) is 8.30. The van der Waals surface area contributed by atoms with Crippen LogP contribution in [0.3, 0.4) is 0 Å². The van der Waals surface area contributed by atoms with Gasteiger partial charge < -0.3 is 10.2 Å². The van der Waals surface area contributed by atoms with E-state index < -0.39 is 10.0 Å². The minimum Gasteiger partial charge on any atom is -0.356 e. The van der Waals surface area contributed by atoms with E-state index in [4.69, 9.17) is 0 Å². The summed E-state index contributed by atoms with van der Waals surface area (Å²) in [6.45, 7) is 1.65. The van der Waals surface area contributed by atoms with Crippen molar-refractivity contribution in [3.8, 4) is 0 Å². The van der Waals surface area contributed by atoms with E-state index in [1.54, 1.807) is 0 Å². The van der Waals surface area contributed by atoms with E-state index in [1.165, 1.54) is 28.6 Å². The molecule has 6 nitrogen and oxygen atoms in total. The number of hydrogen-bond acceptors (Lipinski definition) is 4. The maximum atomic E-state index is 12.9. The molecule has 1 aromatic rings. The fourth-order valence-electron chi connectivity index (χ4n) is 2.09. The number of sulfonamides is 1. The number of rotatable bonds is 10. The summed E-state index contributed by atoms with van der Waals surface area (Å²) in [5.41, 5.74) is 0.674. The summed E-state index contributed by atoms with van der Waals surface area (Å²) >= 11 is 0. The van der Waals surface area contributed by atoms with Crippen LogP contribution in [-0.2, 0) is 21.4 Å². The van der Waals surface area contributed by atoms with E-state index in [9.17, 15) is 17.6 Å². The predicted molar refractivity (Wildman–Crippen MR) is 92.5 cm³/mol. The van der Waals surface area contributed by atoms with Gasteiger partial charge in [-0.3, -0.25) is 4.79 Å². The smallest absolute Gasteiger partial charge is 0.221 e. The van der Waals surface area contributed by atoms with Crippen molar-refractivity contribution in [3.05, 3.63) is 35.6 Å². The number of halogens is 1. The first-order chi connectivity index (χ1) is 11.2. The Hall–Kier alpha value is -1.51. The largest absolute Gasteiger partial charge is 0.356 e. The first-order valence-corrected chi connectivity index (χ1v) is 9.64. The lowest BCUT2D eigenvalue weighted by atomic mass is 10.2. The standard InChI is InChI=1S/C16H26FN3O3S/c1-19(2)11-4-10-18-16(21)9-12-20(24(3,22)23)13-14-5-7-15(17)8-6-14/h5-8H,4,9-13H2,1-3H3,(H,18,21). The molecule has 0 fully saturated rings. The van der Waals surface area contributed by atoms with Gasteiger partial charge in [-0.15, -0.1) is 0 Å². The van der Waals surface area contributed by atoms with Crippen LogP contribution in [-0.4, -0.2) is 63.5 Å². The van der Waals surface area contributed by atoms with Crippen LogP contribution in [0.25, 0.3) is 0 Å². The fourth-order valence-corrected chi connectivity index (χ4v) is 2.90. The van der Waals surface area contributed by atoms with Crippen molar-refractivity contribution < 1.29 is 17.6 Å². The number of benzene rings is 1. The molecule has 8 heteroatoms. The molecule has 1 N–H and O–H groups in total. The summed E-state index contributed by atoms with van der Waals surface area (Å²) < 4.78 is 37.9. The second kappa shape index (κ2) is 9.71. The van der Waals surface area contributed by atoms with Crippen LogP contribution in [0.5, 0.6) is 0 Å². The van der Waals surface area contributed by atoms with Gasteiger partial charge in [0.15, 0.2) is 0 Å². The quantitative estimate of drug-likeness (QED) is 0.634. The lowest BCUT2D eigenvalue weighted by Gasteiger charge is -2.20. The molecule has 0 saturated heterocycles. The van der Waals surface area contributed by atoms with Crippen LogP contribution >= 0.6 is 0 Å². The fraction of sp³-hybridized carbons (Fsp3) is 0.562. The van der Waals surface area contributed by atoms with Gasteiger partial charge in [0, 0.05) is 26.1 Å². The second-order valence-electron chi connectivity index (χ2n) is 5.98. The molecule has 0 aliphatic heterocycles. The first kappa shape index (κ1) is 20.5. The van der Waals surface area contributed by atoms with E-state index in [0.717, 1.165) is 19.2 Å². The molecule has 0 aliphatic rings. The summed E-state index contributed by atoms with van der Waals surface area (Å²) in [5.74, 6) is -0.553. The van der Waals surface area contributed by atoms with Gasteiger partial charge in [0.2, 0.25) is 15.9 Å². The molecule has 0 aromatic heterocycles. The van der Waals surface area contributed by atoms with Gasteiger partial charge in [0.1, 0.15) is 5.82 Å². The second-order valence-corrected chi connectivity index (χ2v) is 7.96. The summed E-state index contributed by atoms with van der Waals surface area (Å²) in [6.07, 6.45) is 2.03. The molecule has 1 rings (SSSR count). The maximum Gasteiger partial charge on any atom is 0.221 e. The van der Waals surface area contributed by atoms with E-state index in [-0.39, 0.29) is 31.2 Å². The van der Waals surface area contributed by atoms with Crippen molar-refractivity contribution in [1.29, 1.82) is 0 Å². The SMILES string of the molecule is CN(C)CCCNC(=O)CCN(Cc1ccc(F)cc1)S(C)(=O)=O. The molecule has 1 aromatic carbocycles. The molecular weight excluding hydrogens is 333 g/mol. The Bertz CT molecular complexity index is 618. The van der Waals surface area contributed by atoms with Crippen molar-refractivity contribution in [2.75, 3.05) is 40.0 Å². The van der Waals surface area contributed by atoms with Crippen molar-refractivity contribution in [2.24, 2.45) is 0 Å². The van der Waals surface area contributed by atoms with Gasteiger partial charge >= 0.3 is 0 Å². The van der Waals surface area contributed by atoms with Crippen molar-refractivity contribution in [1.82, 2.24) is 14.5 Å². The molecule has 0 aliphatic carbocycles. The van der Waals surface area contributed by atoms with Crippen LogP contribution in [0.15, 0.2) is 24.3 Å². The molecule has 1 amide bonds. The minimum atomic E-state index is -3.45. The molecule has 0 heterocycles. The number of nitrogens with zero attached hydrogens (tertiary/aromatic N) is 2. The highest BCUT2D eigenvalue weighted by molar-refractivity contribution is 7.88. The van der Waals surface area contributed by atoms with Crippen LogP contribution in [0.4, 0.5) is 4.39 Å². The van der Waals surface area contributed by atoms with Crippen LogP contribution < -0.4 is 5.32 Å². The molecule has 0 unspecified atom stereocenters. The maximum absolute atomic E-state index is 12.9. The van der Waals surface area contributed by atoms with Gasteiger partial charge in [-0.2, -0.15) is 4.31 Å². The highest BCUT2D eigenvalue weighted by Gasteiger charge is 2.18. The van der Waals surface area contributed by atoms with Gasteiger partial charge in [0.25, 0.3) is 0 Å². The third-order valence-electron chi connectivity index (χ3n) is 3.43. The number of amides is 1. The average Bonchev–Trinajstić information content (AvgIpc) is 2.48. The van der Waals surface area contributed by atoms with Crippen molar-refractivity contribution in [2.45, 2.75) is 19.4 Å². The molecular formula is C16H26FN3O3S. The molecule has 0 radical (unpaired) electrons. The van der Waals surface area contributed by atoms with E-state index in [0.29, 0.717) is 12.1 Å². The van der Waals surface area contributed by atoms with E-state index in [2.05, 4.69) is 5.32 Å². The van der Waals surface area contributed by atoms with Crippen LogP contribution in [0.1, 0.15) is 18.4 Å². The third-order valence-corrected chi connectivity index (χ3v) is 4.68. The molecule has 136 valence electrons. The molecule has 0 atom stereocenters. The normalized spacial score (nSPS) is 11.9. The lowest BCUT2D eigenvalue weighted by Crippen LogP contribution is -2.34. The van der Waals surface area contributed by atoms with Crippen LogP contribution in [0.2, 0.25) is 0 Å². The van der Waals surface area contributed by atoms with Gasteiger partial charge in [0.05, 0.1) is 6.26 Å². The van der Waals surface area contributed by atoms with E-state index >= 15 is 0 Å². The Morgan fingerprint density at radius 3 is 2.33 bits per heavy atom. The van der Waals surface area contributed by atoms with Gasteiger partial charge in [-0.05, 0) is 44.8 Å². The molecule has 0 spiro atoms. The lowest BCUT2D eigenvalue weighted by molar-refractivity contribution is -0.121. The Morgan fingerprint density at radius 1 is 1.17 bits per heavy atom. The monoisotopic (exact) mass is 359 g/mol. The summed E-state index contributed by atoms with van der Waals surface area (Å²) in [4.78, 5) is 13.8. The zero-order valence-corrected chi connectivity index (χ0v) is 15.3. The van der Waals surface area contributed by atoms with Crippen LogP contribution in [0, 0.1) is 5.82 Å². The summed E-state index contributed by atoms with van der Waals surface area (Å²) in [6, 6.07) is 5.64. The molecule has 0 saturated carbocycles. The highest BCUT2D eigenvalue weighted by Crippen LogP contribution is 2.10. The van der Waals surface area contributed by atoms with E-state index in [1.807, 2.05) is 19.0 Å². The summed E-state index contributed by atoms with van der Waals surface area (Å²) in [5, 5.41) is 2.78. The number of hydrogen-bond donors (Lipinski definition) is 1. The number of carbonyl (C=O) groups excluding carboxylic acids is 1. The van der Waals surface area contributed by atoms with Gasteiger partial charge in [-0.1, -0.05) is 12.1 Å². The molecule has 0 bridgehead atoms. The first-order valence-electron chi connectivity index (χ1n) is 7.79. The topological polar surface area (TPSA) is 69.7 Å².